The molecule has 1 saturated heterocycles. The molecule has 1 fully saturated rings. The second-order valence-corrected chi connectivity index (χ2v) is 6.30. The minimum Gasteiger partial charge on any atom is -0.486 e. The van der Waals surface area contributed by atoms with Crippen LogP contribution in [0.5, 0.6) is 11.5 Å². The number of benzene rings is 1. The molecule has 2 aliphatic rings. The molecule has 2 aliphatic heterocycles. The van der Waals surface area contributed by atoms with Crippen molar-refractivity contribution in [3.63, 3.8) is 0 Å². The van der Waals surface area contributed by atoms with Crippen molar-refractivity contribution in [2.75, 3.05) is 26.3 Å². The Labute approximate surface area is 132 Å². The topological polar surface area (TPSA) is 38.8 Å². The fraction of sp³-hybridized carbons (Fsp3) is 0.611. The van der Waals surface area contributed by atoms with Gasteiger partial charge in [-0.3, -0.25) is 4.79 Å². The second kappa shape index (κ2) is 7.03. The van der Waals surface area contributed by atoms with E-state index < -0.39 is 0 Å². The smallest absolute Gasteiger partial charge is 0.223 e. The largest absolute Gasteiger partial charge is 0.486 e. The standard InChI is InChI=1S/C18H25NO3/c1-14(12-18(20)19-8-4-2-3-5-9-19)15-6-7-16-17(13-15)22-11-10-21-16/h6-7,13-14H,2-5,8-12H2,1H3. The fourth-order valence-electron chi connectivity index (χ4n) is 3.20. The number of amides is 1. The highest BCUT2D eigenvalue weighted by atomic mass is 16.6. The van der Waals surface area contributed by atoms with E-state index in [2.05, 4.69) is 6.92 Å². The number of ether oxygens (including phenoxy) is 2. The highest BCUT2D eigenvalue weighted by molar-refractivity contribution is 5.77. The Morgan fingerprint density at radius 1 is 1.09 bits per heavy atom. The van der Waals surface area contributed by atoms with Crippen LogP contribution in [0, 0.1) is 0 Å². The summed E-state index contributed by atoms with van der Waals surface area (Å²) in [5.41, 5.74) is 1.15. The predicted molar refractivity (Wildman–Crippen MR) is 85.5 cm³/mol. The summed E-state index contributed by atoms with van der Waals surface area (Å²) in [5, 5.41) is 0. The monoisotopic (exact) mass is 303 g/mol. The summed E-state index contributed by atoms with van der Waals surface area (Å²) < 4.78 is 11.2. The molecule has 4 heteroatoms. The van der Waals surface area contributed by atoms with Gasteiger partial charge in [0.2, 0.25) is 5.91 Å². The Bertz CT molecular complexity index is 521. The van der Waals surface area contributed by atoms with Crippen LogP contribution in [-0.4, -0.2) is 37.1 Å². The van der Waals surface area contributed by atoms with Gasteiger partial charge in [0, 0.05) is 19.5 Å². The van der Waals surface area contributed by atoms with Crippen molar-refractivity contribution in [1.82, 2.24) is 4.90 Å². The minimum atomic E-state index is 0.201. The molecule has 0 bridgehead atoms. The van der Waals surface area contributed by atoms with Crippen LogP contribution in [0.15, 0.2) is 18.2 Å². The molecule has 1 atom stereocenters. The number of rotatable bonds is 3. The average molecular weight is 303 g/mol. The van der Waals surface area contributed by atoms with Crippen molar-refractivity contribution < 1.29 is 14.3 Å². The fourth-order valence-corrected chi connectivity index (χ4v) is 3.20. The van der Waals surface area contributed by atoms with Gasteiger partial charge < -0.3 is 14.4 Å². The molecule has 120 valence electrons. The molecule has 22 heavy (non-hydrogen) atoms. The number of carbonyl (C=O) groups excluding carboxylic acids is 1. The lowest BCUT2D eigenvalue weighted by atomic mass is 9.96. The van der Waals surface area contributed by atoms with Crippen LogP contribution in [0.4, 0.5) is 0 Å². The molecular weight excluding hydrogens is 278 g/mol. The summed E-state index contributed by atoms with van der Waals surface area (Å²) in [7, 11) is 0. The number of hydrogen-bond donors (Lipinski definition) is 0. The van der Waals surface area contributed by atoms with E-state index in [0.717, 1.165) is 43.0 Å². The molecule has 3 rings (SSSR count). The lowest BCUT2D eigenvalue weighted by Gasteiger charge is -2.23. The van der Waals surface area contributed by atoms with Crippen LogP contribution in [0.25, 0.3) is 0 Å². The van der Waals surface area contributed by atoms with Gasteiger partial charge in [0.1, 0.15) is 13.2 Å². The van der Waals surface area contributed by atoms with Gasteiger partial charge in [0.15, 0.2) is 11.5 Å². The van der Waals surface area contributed by atoms with E-state index in [9.17, 15) is 4.79 Å². The predicted octanol–water partition coefficient (Wildman–Crippen LogP) is 3.35. The quantitative estimate of drug-likeness (QED) is 0.859. The van der Waals surface area contributed by atoms with Gasteiger partial charge in [-0.05, 0) is 36.5 Å². The Balaban J connectivity index is 1.63. The van der Waals surface area contributed by atoms with Crippen LogP contribution in [0.3, 0.4) is 0 Å². The van der Waals surface area contributed by atoms with E-state index >= 15 is 0 Å². The van der Waals surface area contributed by atoms with Crippen molar-refractivity contribution in [3.8, 4) is 11.5 Å². The van der Waals surface area contributed by atoms with Gasteiger partial charge in [-0.25, -0.2) is 0 Å². The number of nitrogens with zero attached hydrogens (tertiary/aromatic N) is 1. The number of carbonyl (C=O) groups is 1. The van der Waals surface area contributed by atoms with Crippen molar-refractivity contribution in [1.29, 1.82) is 0 Å². The zero-order valence-corrected chi connectivity index (χ0v) is 13.3. The summed E-state index contributed by atoms with van der Waals surface area (Å²) >= 11 is 0. The maximum atomic E-state index is 12.5. The van der Waals surface area contributed by atoms with Crippen LogP contribution < -0.4 is 9.47 Å². The molecule has 1 unspecified atom stereocenters. The van der Waals surface area contributed by atoms with Gasteiger partial charge in [0.05, 0.1) is 0 Å². The molecule has 2 heterocycles. The number of fused-ring (bicyclic) bond motifs is 1. The van der Waals surface area contributed by atoms with Crippen molar-refractivity contribution in [2.24, 2.45) is 0 Å². The molecule has 4 nitrogen and oxygen atoms in total. The zero-order chi connectivity index (χ0) is 15.4. The summed E-state index contributed by atoms with van der Waals surface area (Å²) in [5.74, 6) is 2.09. The second-order valence-electron chi connectivity index (χ2n) is 6.30. The van der Waals surface area contributed by atoms with Gasteiger partial charge >= 0.3 is 0 Å². The van der Waals surface area contributed by atoms with E-state index in [1.807, 2.05) is 23.1 Å². The third kappa shape index (κ3) is 3.54. The summed E-state index contributed by atoms with van der Waals surface area (Å²) in [6, 6.07) is 6.03. The van der Waals surface area contributed by atoms with Crippen LogP contribution >= 0.6 is 0 Å². The maximum absolute atomic E-state index is 12.5. The highest BCUT2D eigenvalue weighted by Crippen LogP contribution is 2.34. The molecule has 0 radical (unpaired) electrons. The Kier molecular flexibility index (Phi) is 4.86. The number of hydrogen-bond acceptors (Lipinski definition) is 3. The van der Waals surface area contributed by atoms with Crippen LogP contribution in [-0.2, 0) is 4.79 Å². The number of likely N-dealkylation sites (tertiary alicyclic amines) is 1. The Morgan fingerprint density at radius 2 is 1.77 bits per heavy atom. The third-order valence-corrected chi connectivity index (χ3v) is 4.57. The first-order valence-electron chi connectivity index (χ1n) is 8.41. The summed E-state index contributed by atoms with van der Waals surface area (Å²) in [6.07, 6.45) is 5.36. The van der Waals surface area contributed by atoms with E-state index in [-0.39, 0.29) is 11.8 Å². The van der Waals surface area contributed by atoms with Crippen LogP contribution in [0.2, 0.25) is 0 Å². The Morgan fingerprint density at radius 3 is 2.50 bits per heavy atom. The molecule has 0 N–H and O–H groups in total. The summed E-state index contributed by atoms with van der Waals surface area (Å²) in [4.78, 5) is 14.5. The molecule has 1 aromatic carbocycles. The summed E-state index contributed by atoms with van der Waals surface area (Å²) in [6.45, 7) is 5.16. The van der Waals surface area contributed by atoms with E-state index in [0.29, 0.717) is 19.6 Å². The van der Waals surface area contributed by atoms with E-state index in [1.165, 1.54) is 12.8 Å². The van der Waals surface area contributed by atoms with E-state index in [4.69, 9.17) is 9.47 Å². The molecule has 0 saturated carbocycles. The molecule has 0 spiro atoms. The van der Waals surface area contributed by atoms with Gasteiger partial charge in [-0.1, -0.05) is 25.8 Å². The first kappa shape index (κ1) is 15.2. The molecular formula is C18H25NO3. The van der Waals surface area contributed by atoms with Gasteiger partial charge in [-0.2, -0.15) is 0 Å². The maximum Gasteiger partial charge on any atom is 0.223 e. The average Bonchev–Trinajstić information content (AvgIpc) is 2.83. The normalized spacial score (nSPS) is 19.4. The van der Waals surface area contributed by atoms with Crippen molar-refractivity contribution >= 4 is 5.91 Å². The highest BCUT2D eigenvalue weighted by Gasteiger charge is 2.20. The van der Waals surface area contributed by atoms with Gasteiger partial charge in [0.25, 0.3) is 0 Å². The lowest BCUT2D eigenvalue weighted by molar-refractivity contribution is -0.131. The van der Waals surface area contributed by atoms with Crippen LogP contribution in [0.1, 0.15) is 50.5 Å². The first-order chi connectivity index (χ1) is 10.7. The SMILES string of the molecule is CC(CC(=O)N1CCCCCC1)c1ccc2c(c1)OCCO2. The van der Waals surface area contributed by atoms with Crippen molar-refractivity contribution in [3.05, 3.63) is 23.8 Å². The molecule has 1 amide bonds. The molecule has 0 aliphatic carbocycles. The molecule has 0 aromatic heterocycles. The minimum absolute atomic E-state index is 0.201. The van der Waals surface area contributed by atoms with Gasteiger partial charge in [-0.15, -0.1) is 0 Å². The molecule has 1 aromatic rings. The first-order valence-corrected chi connectivity index (χ1v) is 8.41. The van der Waals surface area contributed by atoms with Crippen molar-refractivity contribution in [2.45, 2.75) is 44.9 Å². The lowest BCUT2D eigenvalue weighted by Crippen LogP contribution is -2.32. The van der Waals surface area contributed by atoms with E-state index in [1.54, 1.807) is 0 Å². The Hall–Kier alpha value is -1.71. The third-order valence-electron chi connectivity index (χ3n) is 4.57. The zero-order valence-electron chi connectivity index (χ0n) is 13.3.